The van der Waals surface area contributed by atoms with Gasteiger partial charge in [0.05, 0.1) is 11.5 Å². The average molecular weight is 519 g/mol. The van der Waals surface area contributed by atoms with E-state index in [-0.39, 0.29) is 34.2 Å². The summed E-state index contributed by atoms with van der Waals surface area (Å²) < 4.78 is 18.0. The molecule has 0 radical (unpaired) electrons. The maximum Gasteiger partial charge on any atom is 0.303 e. The second-order valence-electron chi connectivity index (χ2n) is 14.2. The molecule has 0 aromatic carbocycles. The van der Waals surface area contributed by atoms with Gasteiger partial charge in [-0.1, -0.05) is 46.3 Å². The van der Waals surface area contributed by atoms with Crippen LogP contribution in [0, 0.1) is 34.5 Å². The van der Waals surface area contributed by atoms with Crippen LogP contribution in [-0.4, -0.2) is 46.0 Å². The fraction of sp³-hybridized carbons (Fsp3) is 0.867. The van der Waals surface area contributed by atoms with Gasteiger partial charge in [-0.2, -0.15) is 0 Å². The molecule has 0 aliphatic heterocycles. The lowest BCUT2D eigenvalue weighted by Crippen LogP contribution is -2.43. The van der Waals surface area contributed by atoms with E-state index < -0.39 is 19.8 Å². The molecule has 8 atom stereocenters. The van der Waals surface area contributed by atoms with E-state index in [9.17, 15) is 9.59 Å². The Bertz CT molecular complexity index is 904. The molecule has 5 nitrogen and oxygen atoms in total. The largest absolute Gasteiger partial charge is 0.455 e. The van der Waals surface area contributed by atoms with Gasteiger partial charge in [0.2, 0.25) is 0 Å². The number of Topliss-reactive ketones (excluding diaryl/α,β-unsaturated/α-hetero) is 1. The van der Waals surface area contributed by atoms with Gasteiger partial charge in [0.15, 0.2) is 20.2 Å². The topological polar surface area (TPSA) is 61.8 Å². The Labute approximate surface area is 220 Å². The highest BCUT2D eigenvalue weighted by Crippen LogP contribution is 2.66. The first-order chi connectivity index (χ1) is 16.7. The summed E-state index contributed by atoms with van der Waals surface area (Å²) in [5, 5.41) is 0.233. The van der Waals surface area contributed by atoms with Gasteiger partial charge in [0.25, 0.3) is 0 Å². The summed E-state index contributed by atoms with van der Waals surface area (Å²) in [4.78, 5) is 24.8. The number of hydrogen-bond donors (Lipinski definition) is 0. The molecule has 0 heterocycles. The molecule has 4 fully saturated rings. The molecule has 0 spiro atoms. The first-order valence-corrected chi connectivity index (χ1v) is 17.2. The molecular weight excluding hydrogens is 468 g/mol. The van der Waals surface area contributed by atoms with Gasteiger partial charge in [0.1, 0.15) is 0 Å². The molecule has 0 amide bonds. The Kier molecular flexibility index (Phi) is 7.51. The number of hydrogen-bond acceptors (Lipinski definition) is 5. The van der Waals surface area contributed by atoms with Crippen LogP contribution in [0.5, 0.6) is 0 Å². The van der Waals surface area contributed by atoms with Crippen molar-refractivity contribution in [2.24, 2.45) is 34.5 Å². The van der Waals surface area contributed by atoms with Crippen LogP contribution in [-0.2, 0) is 23.5 Å². The van der Waals surface area contributed by atoms with E-state index in [0.717, 1.165) is 19.4 Å². The molecular formula is C30H50O5Si. The van der Waals surface area contributed by atoms with E-state index in [1.807, 2.05) is 0 Å². The Hall–Kier alpha value is -0.983. The zero-order valence-corrected chi connectivity index (χ0v) is 25.2. The minimum atomic E-state index is -1.76. The maximum absolute atomic E-state index is 13.3. The number of allylic oxidation sites excluding steroid dienone is 1. The predicted octanol–water partition coefficient (Wildman–Crippen LogP) is 6.71. The molecule has 204 valence electrons. The van der Waals surface area contributed by atoms with Gasteiger partial charge in [0, 0.05) is 20.6 Å². The van der Waals surface area contributed by atoms with Crippen LogP contribution in [0.2, 0.25) is 18.1 Å². The van der Waals surface area contributed by atoms with E-state index >= 15 is 0 Å². The van der Waals surface area contributed by atoms with Crippen molar-refractivity contribution in [3.05, 3.63) is 11.6 Å². The van der Waals surface area contributed by atoms with Crippen molar-refractivity contribution in [3.63, 3.8) is 0 Å². The maximum atomic E-state index is 13.3. The first kappa shape index (κ1) is 28.0. The summed E-state index contributed by atoms with van der Waals surface area (Å²) in [6.07, 6.45) is 9.06. The number of fused-ring (bicyclic) bond motifs is 2. The first-order valence-electron chi connectivity index (χ1n) is 14.3. The standard InChI is InChI=1S/C30H50O5Si/c1-19(18-34-36(8,9)28(3,4)5)23-12-13-24-21(11-10-14-29(23,24)6)15-26(33-7)30-17-22(30)16-25(27(30)32)35-20(2)31/h15,19,22-26H,10-14,16-18H2,1-9H3/b21-15+/t19-,22?,23?,24?,25+,26?,29-,30?/m1/s1. The highest BCUT2D eigenvalue weighted by Gasteiger charge is 2.71. The summed E-state index contributed by atoms with van der Waals surface area (Å²) in [6.45, 7) is 18.8. The van der Waals surface area contributed by atoms with Gasteiger partial charge in [-0.3, -0.25) is 9.59 Å². The van der Waals surface area contributed by atoms with Crippen molar-refractivity contribution in [3.8, 4) is 0 Å². The van der Waals surface area contributed by atoms with Crippen LogP contribution in [0.4, 0.5) is 0 Å². The highest BCUT2D eigenvalue weighted by atomic mass is 28.4. The molecule has 4 rings (SSSR count). The monoisotopic (exact) mass is 518 g/mol. The molecule has 0 bridgehead atoms. The van der Waals surface area contributed by atoms with Crippen LogP contribution >= 0.6 is 0 Å². The lowest BCUT2D eigenvalue weighted by Gasteiger charge is -2.45. The number of carbonyl (C=O) groups is 2. The summed E-state index contributed by atoms with van der Waals surface area (Å²) >= 11 is 0. The van der Waals surface area contributed by atoms with Crippen molar-refractivity contribution in [1.29, 1.82) is 0 Å². The SMILES string of the molecule is COC(/C=C1\CCC[C@@]2(C)C1CCC2[C@H](C)CO[Si](C)(C)C(C)(C)C)C12CC1C[C@H](OC(C)=O)C2=O. The minimum absolute atomic E-state index is 0.0747. The quantitative estimate of drug-likeness (QED) is 0.203. The minimum Gasteiger partial charge on any atom is -0.455 e. The van der Waals surface area contributed by atoms with Crippen molar-refractivity contribution in [2.45, 2.75) is 117 Å². The van der Waals surface area contributed by atoms with Crippen molar-refractivity contribution in [2.75, 3.05) is 13.7 Å². The molecule has 4 aliphatic rings. The molecule has 0 aromatic rings. The van der Waals surface area contributed by atoms with Gasteiger partial charge in [-0.15, -0.1) is 0 Å². The zero-order chi connectivity index (χ0) is 26.7. The molecule has 0 N–H and O–H groups in total. The number of methoxy groups -OCH3 is 1. The molecule has 4 aliphatic carbocycles. The van der Waals surface area contributed by atoms with Crippen LogP contribution < -0.4 is 0 Å². The summed E-state index contributed by atoms with van der Waals surface area (Å²) in [6, 6.07) is 0. The third kappa shape index (κ3) is 4.68. The van der Waals surface area contributed by atoms with Crippen LogP contribution in [0.1, 0.15) is 86.5 Å². The summed E-state index contributed by atoms with van der Waals surface area (Å²) in [7, 11) is -0.0253. The average Bonchev–Trinajstić information content (AvgIpc) is 3.28. The van der Waals surface area contributed by atoms with Crippen molar-refractivity contribution < 1.29 is 23.5 Å². The van der Waals surface area contributed by atoms with Gasteiger partial charge in [-0.05, 0) is 92.2 Å². The third-order valence-electron chi connectivity index (χ3n) is 11.1. The Balaban J connectivity index is 1.49. The van der Waals surface area contributed by atoms with E-state index in [4.69, 9.17) is 13.9 Å². The van der Waals surface area contributed by atoms with Crippen LogP contribution in [0.25, 0.3) is 0 Å². The molecule has 36 heavy (non-hydrogen) atoms. The van der Waals surface area contributed by atoms with E-state index in [1.54, 1.807) is 7.11 Å². The lowest BCUT2D eigenvalue weighted by atomic mass is 9.61. The normalized spacial score (nSPS) is 39.0. The predicted molar refractivity (Wildman–Crippen MR) is 145 cm³/mol. The second-order valence-corrected chi connectivity index (χ2v) is 19.0. The fourth-order valence-corrected chi connectivity index (χ4v) is 9.02. The molecule has 6 heteroatoms. The van der Waals surface area contributed by atoms with Gasteiger partial charge >= 0.3 is 5.97 Å². The number of carbonyl (C=O) groups excluding carboxylic acids is 2. The number of ketones is 1. The number of esters is 1. The van der Waals surface area contributed by atoms with Crippen LogP contribution in [0.3, 0.4) is 0 Å². The zero-order valence-electron chi connectivity index (χ0n) is 24.2. The number of ether oxygens (including phenoxy) is 2. The third-order valence-corrected chi connectivity index (χ3v) is 15.6. The van der Waals surface area contributed by atoms with E-state index in [2.05, 4.69) is 53.8 Å². The highest BCUT2D eigenvalue weighted by molar-refractivity contribution is 6.74. The van der Waals surface area contributed by atoms with Crippen LogP contribution in [0.15, 0.2) is 11.6 Å². The molecule has 0 aromatic heterocycles. The molecule has 5 unspecified atom stereocenters. The Morgan fingerprint density at radius 3 is 2.56 bits per heavy atom. The van der Waals surface area contributed by atoms with Crippen molar-refractivity contribution in [1.82, 2.24) is 0 Å². The van der Waals surface area contributed by atoms with Crippen molar-refractivity contribution >= 4 is 20.1 Å². The van der Waals surface area contributed by atoms with Gasteiger partial charge < -0.3 is 13.9 Å². The second kappa shape index (κ2) is 9.64. The van der Waals surface area contributed by atoms with Gasteiger partial charge in [-0.25, -0.2) is 0 Å². The van der Waals surface area contributed by atoms with E-state index in [0.29, 0.717) is 24.2 Å². The number of rotatable bonds is 8. The summed E-state index contributed by atoms with van der Waals surface area (Å²) in [5.41, 5.74) is 1.29. The lowest BCUT2D eigenvalue weighted by molar-refractivity contribution is -0.154. The summed E-state index contributed by atoms with van der Waals surface area (Å²) in [5.74, 6) is 1.73. The fourth-order valence-electron chi connectivity index (χ4n) is 7.91. The Morgan fingerprint density at radius 1 is 1.25 bits per heavy atom. The smallest absolute Gasteiger partial charge is 0.303 e. The van der Waals surface area contributed by atoms with E-state index in [1.165, 1.54) is 38.2 Å². The Morgan fingerprint density at radius 2 is 1.94 bits per heavy atom. The molecule has 4 saturated carbocycles. The molecule has 0 saturated heterocycles.